The molecular formula is C20H33N3O3S. The number of sulfone groups is 1. The summed E-state index contributed by atoms with van der Waals surface area (Å²) in [7, 11) is -3.41. The quantitative estimate of drug-likeness (QED) is 0.679. The summed E-state index contributed by atoms with van der Waals surface area (Å²) in [4.78, 5) is 19.2. The van der Waals surface area contributed by atoms with Crippen LogP contribution in [-0.4, -0.2) is 79.7 Å². The highest BCUT2D eigenvalue weighted by molar-refractivity contribution is 7.92. The lowest BCUT2D eigenvalue weighted by Crippen LogP contribution is -2.48. The molecule has 0 bridgehead atoms. The molecule has 152 valence electrons. The molecule has 2 rings (SSSR count). The minimum Gasteiger partial charge on any atom is -0.323 e. The van der Waals surface area contributed by atoms with Crippen molar-refractivity contribution in [2.24, 2.45) is 0 Å². The van der Waals surface area contributed by atoms with Gasteiger partial charge in [-0.15, -0.1) is 0 Å². The topological polar surface area (TPSA) is 60.9 Å². The van der Waals surface area contributed by atoms with Crippen LogP contribution in [-0.2, 0) is 9.84 Å². The molecule has 1 aromatic carbocycles. The maximum absolute atomic E-state index is 13.0. The molecule has 1 unspecified atom stereocenters. The Morgan fingerprint density at radius 3 is 2.33 bits per heavy atom. The van der Waals surface area contributed by atoms with E-state index in [-0.39, 0.29) is 18.6 Å². The minimum atomic E-state index is -3.41. The van der Waals surface area contributed by atoms with Gasteiger partial charge in [0.05, 0.1) is 10.1 Å². The summed E-state index contributed by atoms with van der Waals surface area (Å²) in [6, 6.07) is 8.56. The zero-order chi connectivity index (χ0) is 20.0. The lowest BCUT2D eigenvalue weighted by molar-refractivity contribution is 0.139. The van der Waals surface area contributed by atoms with Crippen molar-refractivity contribution < 1.29 is 13.2 Å². The van der Waals surface area contributed by atoms with Crippen molar-refractivity contribution in [3.05, 3.63) is 30.3 Å². The molecule has 0 aromatic heterocycles. The van der Waals surface area contributed by atoms with E-state index in [1.54, 1.807) is 35.2 Å². The van der Waals surface area contributed by atoms with Gasteiger partial charge in [0, 0.05) is 32.2 Å². The van der Waals surface area contributed by atoms with Gasteiger partial charge < -0.3 is 14.7 Å². The van der Waals surface area contributed by atoms with Crippen LogP contribution in [0.25, 0.3) is 0 Å². The van der Waals surface area contributed by atoms with Gasteiger partial charge in [0.25, 0.3) is 0 Å². The van der Waals surface area contributed by atoms with E-state index in [0.29, 0.717) is 24.4 Å². The molecule has 1 aliphatic rings. The van der Waals surface area contributed by atoms with Crippen molar-refractivity contribution in [2.45, 2.75) is 50.3 Å². The SMILES string of the molecule is CCN(CC)CCN(C(=O)N1CCC(S(=O)(=O)c2ccccc2)C1)C(C)C. The van der Waals surface area contributed by atoms with E-state index in [9.17, 15) is 13.2 Å². The molecule has 0 N–H and O–H groups in total. The number of benzene rings is 1. The monoisotopic (exact) mass is 395 g/mol. The van der Waals surface area contributed by atoms with E-state index >= 15 is 0 Å². The van der Waals surface area contributed by atoms with Gasteiger partial charge in [-0.3, -0.25) is 0 Å². The second-order valence-electron chi connectivity index (χ2n) is 7.31. The van der Waals surface area contributed by atoms with Gasteiger partial charge in [-0.05, 0) is 45.5 Å². The summed E-state index contributed by atoms with van der Waals surface area (Å²) in [5.74, 6) is 0. The Morgan fingerprint density at radius 1 is 1.15 bits per heavy atom. The molecule has 1 saturated heterocycles. The van der Waals surface area contributed by atoms with Crippen LogP contribution < -0.4 is 0 Å². The van der Waals surface area contributed by atoms with Crippen LogP contribution in [0.2, 0.25) is 0 Å². The Morgan fingerprint density at radius 2 is 1.78 bits per heavy atom. The maximum Gasteiger partial charge on any atom is 0.320 e. The highest BCUT2D eigenvalue weighted by atomic mass is 32.2. The molecule has 1 aromatic rings. The third-order valence-corrected chi connectivity index (χ3v) is 7.54. The third-order valence-electron chi connectivity index (χ3n) is 5.35. The lowest BCUT2D eigenvalue weighted by Gasteiger charge is -2.33. The average Bonchev–Trinajstić information content (AvgIpc) is 3.16. The average molecular weight is 396 g/mol. The Balaban J connectivity index is 2.04. The number of nitrogens with zero attached hydrogens (tertiary/aromatic N) is 3. The molecule has 6 nitrogen and oxygen atoms in total. The van der Waals surface area contributed by atoms with Crippen LogP contribution in [0.1, 0.15) is 34.1 Å². The highest BCUT2D eigenvalue weighted by Crippen LogP contribution is 2.24. The first-order valence-electron chi connectivity index (χ1n) is 9.88. The number of carbonyl (C=O) groups is 1. The van der Waals surface area contributed by atoms with Gasteiger partial charge in [0.15, 0.2) is 9.84 Å². The van der Waals surface area contributed by atoms with Gasteiger partial charge in [-0.1, -0.05) is 32.0 Å². The number of rotatable bonds is 8. The molecule has 0 radical (unpaired) electrons. The van der Waals surface area contributed by atoms with Crippen LogP contribution >= 0.6 is 0 Å². The van der Waals surface area contributed by atoms with Gasteiger partial charge in [0.1, 0.15) is 0 Å². The molecule has 0 saturated carbocycles. The van der Waals surface area contributed by atoms with Crippen molar-refractivity contribution in [1.29, 1.82) is 0 Å². The summed E-state index contributed by atoms with van der Waals surface area (Å²) >= 11 is 0. The first-order chi connectivity index (χ1) is 12.8. The Labute approximate surface area is 164 Å². The second-order valence-corrected chi connectivity index (χ2v) is 9.54. The molecule has 2 amide bonds. The normalized spacial score (nSPS) is 17.7. The number of amides is 2. The fourth-order valence-corrected chi connectivity index (χ4v) is 5.22. The molecule has 1 atom stereocenters. The fourth-order valence-electron chi connectivity index (χ4n) is 3.50. The lowest BCUT2D eigenvalue weighted by atomic mass is 10.3. The Bertz CT molecular complexity index is 702. The Kier molecular flexibility index (Phi) is 7.68. The Hall–Kier alpha value is -1.60. The zero-order valence-corrected chi connectivity index (χ0v) is 17.8. The molecular weight excluding hydrogens is 362 g/mol. The van der Waals surface area contributed by atoms with Crippen LogP contribution in [0.3, 0.4) is 0 Å². The van der Waals surface area contributed by atoms with Crippen molar-refractivity contribution in [2.75, 3.05) is 39.3 Å². The minimum absolute atomic E-state index is 0.0529. The number of hydrogen-bond donors (Lipinski definition) is 0. The highest BCUT2D eigenvalue weighted by Gasteiger charge is 2.37. The van der Waals surface area contributed by atoms with Crippen molar-refractivity contribution >= 4 is 15.9 Å². The summed E-state index contributed by atoms with van der Waals surface area (Å²) < 4.78 is 25.7. The summed E-state index contributed by atoms with van der Waals surface area (Å²) in [5, 5.41) is -0.527. The first-order valence-corrected chi connectivity index (χ1v) is 11.4. The number of hydrogen-bond acceptors (Lipinski definition) is 4. The van der Waals surface area contributed by atoms with E-state index in [1.807, 2.05) is 18.7 Å². The van der Waals surface area contributed by atoms with Crippen LogP contribution in [0.5, 0.6) is 0 Å². The number of likely N-dealkylation sites (N-methyl/N-ethyl adjacent to an activating group) is 1. The number of carbonyl (C=O) groups excluding carboxylic acids is 1. The maximum atomic E-state index is 13.0. The van der Waals surface area contributed by atoms with E-state index < -0.39 is 15.1 Å². The van der Waals surface area contributed by atoms with Gasteiger partial charge >= 0.3 is 6.03 Å². The third kappa shape index (κ3) is 5.23. The van der Waals surface area contributed by atoms with E-state index in [4.69, 9.17) is 0 Å². The van der Waals surface area contributed by atoms with Crippen LogP contribution in [0.15, 0.2) is 35.2 Å². The predicted molar refractivity (Wildman–Crippen MR) is 109 cm³/mol. The fraction of sp³-hybridized carbons (Fsp3) is 0.650. The molecule has 0 spiro atoms. The van der Waals surface area contributed by atoms with E-state index in [1.165, 1.54) is 0 Å². The standard InChI is InChI=1S/C20H33N3O3S/c1-5-21(6-2)14-15-23(17(3)4)20(24)22-13-12-19(16-22)27(25,26)18-10-8-7-9-11-18/h7-11,17,19H,5-6,12-16H2,1-4H3. The van der Waals surface area contributed by atoms with Crippen molar-refractivity contribution in [3.8, 4) is 0 Å². The van der Waals surface area contributed by atoms with Gasteiger partial charge in [0.2, 0.25) is 0 Å². The molecule has 0 aliphatic carbocycles. The molecule has 7 heteroatoms. The van der Waals surface area contributed by atoms with Crippen LogP contribution in [0.4, 0.5) is 4.79 Å². The molecule has 1 heterocycles. The molecule has 1 aliphatic heterocycles. The first kappa shape index (κ1) is 21.7. The number of urea groups is 1. The zero-order valence-electron chi connectivity index (χ0n) is 17.0. The molecule has 1 fully saturated rings. The molecule has 27 heavy (non-hydrogen) atoms. The summed E-state index contributed by atoms with van der Waals surface area (Å²) in [6.45, 7) is 12.4. The number of likely N-dealkylation sites (tertiary alicyclic amines) is 1. The largest absolute Gasteiger partial charge is 0.323 e. The van der Waals surface area contributed by atoms with Crippen molar-refractivity contribution in [1.82, 2.24) is 14.7 Å². The van der Waals surface area contributed by atoms with Gasteiger partial charge in [-0.2, -0.15) is 0 Å². The van der Waals surface area contributed by atoms with E-state index in [0.717, 1.165) is 19.6 Å². The smallest absolute Gasteiger partial charge is 0.320 e. The van der Waals surface area contributed by atoms with Gasteiger partial charge in [-0.25, -0.2) is 13.2 Å². The second kappa shape index (κ2) is 9.55. The summed E-state index contributed by atoms with van der Waals surface area (Å²) in [5.41, 5.74) is 0. The predicted octanol–water partition coefficient (Wildman–Crippen LogP) is 2.71. The van der Waals surface area contributed by atoms with Crippen LogP contribution in [0, 0.1) is 0 Å². The summed E-state index contributed by atoms with van der Waals surface area (Å²) in [6.07, 6.45) is 0.491. The van der Waals surface area contributed by atoms with Crippen molar-refractivity contribution in [3.63, 3.8) is 0 Å². The van der Waals surface area contributed by atoms with E-state index in [2.05, 4.69) is 18.7 Å².